The van der Waals surface area contributed by atoms with Crippen LogP contribution in [0.15, 0.2) is 18.5 Å². The van der Waals surface area contributed by atoms with Crippen LogP contribution in [-0.2, 0) is 6.54 Å². The van der Waals surface area contributed by atoms with Crippen LogP contribution in [0.5, 0.6) is 0 Å². The summed E-state index contributed by atoms with van der Waals surface area (Å²) in [5, 5.41) is 3.35. The van der Waals surface area contributed by atoms with Crippen LogP contribution in [0, 0.1) is 0 Å². The number of hydrogen-bond acceptors (Lipinski definition) is 3. The summed E-state index contributed by atoms with van der Waals surface area (Å²) in [4.78, 5) is 8.21. The Labute approximate surface area is 65.9 Å². The fourth-order valence-electron chi connectivity index (χ4n) is 0.944. The second-order valence-electron chi connectivity index (χ2n) is 2.82. The summed E-state index contributed by atoms with van der Waals surface area (Å²) in [5.74, 6) is 0.888. The van der Waals surface area contributed by atoms with E-state index in [1.54, 1.807) is 12.4 Å². The fourth-order valence-corrected chi connectivity index (χ4v) is 0.944. The molecule has 0 radical (unpaired) electrons. The molecule has 0 amide bonds. The van der Waals surface area contributed by atoms with Crippen LogP contribution in [0.3, 0.4) is 0 Å². The summed E-state index contributed by atoms with van der Waals surface area (Å²) in [6, 6.07) is 2.57. The Morgan fingerprint density at radius 3 is 2.73 bits per heavy atom. The molecule has 0 aromatic carbocycles. The highest BCUT2D eigenvalue weighted by Crippen LogP contribution is 2.18. The largest absolute Gasteiger partial charge is 0.307 e. The van der Waals surface area contributed by atoms with Crippen LogP contribution in [-0.4, -0.2) is 16.0 Å². The number of aromatic nitrogens is 2. The smallest absolute Gasteiger partial charge is 0.141 e. The van der Waals surface area contributed by atoms with Gasteiger partial charge in [0.25, 0.3) is 0 Å². The van der Waals surface area contributed by atoms with E-state index in [1.165, 1.54) is 12.8 Å². The van der Waals surface area contributed by atoms with E-state index in [0.29, 0.717) is 0 Å². The molecule has 0 saturated heterocycles. The lowest BCUT2D eigenvalue weighted by Gasteiger charge is -1.98. The summed E-state index contributed by atoms with van der Waals surface area (Å²) in [5.41, 5.74) is 0. The highest BCUT2D eigenvalue weighted by Gasteiger charge is 2.20. The van der Waals surface area contributed by atoms with E-state index in [-0.39, 0.29) is 0 Å². The molecule has 2 rings (SSSR count). The SMILES string of the molecule is c1cnc(CNC2CC2)nc1. The summed E-state index contributed by atoms with van der Waals surface area (Å²) in [6.45, 7) is 0.811. The third-order valence-corrected chi connectivity index (χ3v) is 1.75. The van der Waals surface area contributed by atoms with Crippen LogP contribution >= 0.6 is 0 Å². The Morgan fingerprint density at radius 2 is 2.09 bits per heavy atom. The predicted molar refractivity (Wildman–Crippen MR) is 41.9 cm³/mol. The van der Waals surface area contributed by atoms with Gasteiger partial charge in [-0.3, -0.25) is 0 Å². The summed E-state index contributed by atoms with van der Waals surface area (Å²) in [6.07, 6.45) is 6.17. The van der Waals surface area contributed by atoms with Gasteiger partial charge in [-0.05, 0) is 18.9 Å². The summed E-state index contributed by atoms with van der Waals surface area (Å²) < 4.78 is 0. The normalized spacial score (nSPS) is 16.7. The summed E-state index contributed by atoms with van der Waals surface area (Å²) in [7, 11) is 0. The number of nitrogens with zero attached hydrogens (tertiary/aromatic N) is 2. The van der Waals surface area contributed by atoms with Crippen molar-refractivity contribution in [3.63, 3.8) is 0 Å². The maximum Gasteiger partial charge on any atom is 0.141 e. The minimum absolute atomic E-state index is 0.735. The maximum absolute atomic E-state index is 4.10. The molecular formula is C8H11N3. The van der Waals surface area contributed by atoms with E-state index < -0.39 is 0 Å². The molecule has 1 heterocycles. The molecule has 1 fully saturated rings. The number of hydrogen-bond donors (Lipinski definition) is 1. The lowest BCUT2D eigenvalue weighted by atomic mass is 10.5. The fraction of sp³-hybridized carbons (Fsp3) is 0.500. The van der Waals surface area contributed by atoms with Crippen LogP contribution in [0.1, 0.15) is 18.7 Å². The minimum Gasteiger partial charge on any atom is -0.307 e. The van der Waals surface area contributed by atoms with Gasteiger partial charge in [0.05, 0.1) is 6.54 Å². The van der Waals surface area contributed by atoms with Crippen molar-refractivity contribution in [3.8, 4) is 0 Å². The number of rotatable bonds is 3. The first-order chi connectivity index (χ1) is 5.45. The van der Waals surface area contributed by atoms with Crippen LogP contribution in [0.2, 0.25) is 0 Å². The molecule has 1 saturated carbocycles. The van der Waals surface area contributed by atoms with Gasteiger partial charge >= 0.3 is 0 Å². The lowest BCUT2D eigenvalue weighted by molar-refractivity contribution is 0.657. The molecule has 1 N–H and O–H groups in total. The molecule has 1 aromatic rings. The number of nitrogens with one attached hydrogen (secondary N) is 1. The first kappa shape index (κ1) is 6.73. The quantitative estimate of drug-likeness (QED) is 0.688. The molecule has 0 atom stereocenters. The van der Waals surface area contributed by atoms with E-state index in [0.717, 1.165) is 18.4 Å². The molecule has 1 aromatic heterocycles. The van der Waals surface area contributed by atoms with Crippen molar-refractivity contribution in [2.45, 2.75) is 25.4 Å². The third kappa shape index (κ3) is 1.98. The lowest BCUT2D eigenvalue weighted by Crippen LogP contribution is -2.16. The Kier molecular flexibility index (Phi) is 1.81. The maximum atomic E-state index is 4.10. The van der Waals surface area contributed by atoms with Crippen LogP contribution < -0.4 is 5.32 Å². The zero-order valence-corrected chi connectivity index (χ0v) is 6.33. The molecule has 0 bridgehead atoms. The molecule has 58 valence electrons. The molecule has 0 spiro atoms. The standard InChI is InChI=1S/C8H11N3/c1-4-9-8(10-5-1)6-11-7-2-3-7/h1,4-5,7,11H,2-3,6H2. The van der Waals surface area contributed by atoms with E-state index in [4.69, 9.17) is 0 Å². The second-order valence-corrected chi connectivity index (χ2v) is 2.82. The zero-order chi connectivity index (χ0) is 7.52. The van der Waals surface area contributed by atoms with Crippen molar-refractivity contribution >= 4 is 0 Å². The average Bonchev–Trinajstić information content (AvgIpc) is 2.86. The Hall–Kier alpha value is -0.960. The van der Waals surface area contributed by atoms with Gasteiger partial charge in [-0.2, -0.15) is 0 Å². The highest BCUT2D eigenvalue weighted by molar-refractivity contribution is 4.90. The monoisotopic (exact) mass is 149 g/mol. The van der Waals surface area contributed by atoms with Gasteiger partial charge in [0.1, 0.15) is 5.82 Å². The Morgan fingerprint density at radius 1 is 1.36 bits per heavy atom. The molecule has 0 aliphatic heterocycles. The molecule has 3 nitrogen and oxygen atoms in total. The zero-order valence-electron chi connectivity index (χ0n) is 6.33. The minimum atomic E-state index is 0.735. The summed E-state index contributed by atoms with van der Waals surface area (Å²) >= 11 is 0. The van der Waals surface area contributed by atoms with Gasteiger partial charge in [0.15, 0.2) is 0 Å². The Bertz CT molecular complexity index is 218. The topological polar surface area (TPSA) is 37.8 Å². The van der Waals surface area contributed by atoms with E-state index in [2.05, 4.69) is 15.3 Å². The van der Waals surface area contributed by atoms with Crippen LogP contribution in [0.25, 0.3) is 0 Å². The van der Waals surface area contributed by atoms with Crippen molar-refractivity contribution < 1.29 is 0 Å². The molecule has 0 unspecified atom stereocenters. The first-order valence-corrected chi connectivity index (χ1v) is 3.94. The Balaban J connectivity index is 1.85. The van der Waals surface area contributed by atoms with E-state index in [1.807, 2.05) is 6.07 Å². The molecule has 11 heavy (non-hydrogen) atoms. The van der Waals surface area contributed by atoms with Gasteiger partial charge < -0.3 is 5.32 Å². The van der Waals surface area contributed by atoms with Gasteiger partial charge in [-0.25, -0.2) is 9.97 Å². The molecule has 1 aliphatic carbocycles. The van der Waals surface area contributed by atoms with E-state index >= 15 is 0 Å². The van der Waals surface area contributed by atoms with Gasteiger partial charge in [-0.15, -0.1) is 0 Å². The molecular weight excluding hydrogens is 138 g/mol. The van der Waals surface area contributed by atoms with Crippen molar-refractivity contribution in [2.24, 2.45) is 0 Å². The van der Waals surface area contributed by atoms with Gasteiger partial charge in [-0.1, -0.05) is 0 Å². The molecule has 3 heteroatoms. The third-order valence-electron chi connectivity index (χ3n) is 1.75. The van der Waals surface area contributed by atoms with Gasteiger partial charge in [0, 0.05) is 18.4 Å². The predicted octanol–water partition coefficient (Wildman–Crippen LogP) is 0.729. The van der Waals surface area contributed by atoms with Gasteiger partial charge in [0.2, 0.25) is 0 Å². The van der Waals surface area contributed by atoms with E-state index in [9.17, 15) is 0 Å². The van der Waals surface area contributed by atoms with Crippen molar-refractivity contribution in [3.05, 3.63) is 24.3 Å². The second kappa shape index (κ2) is 2.96. The van der Waals surface area contributed by atoms with Crippen molar-refractivity contribution in [2.75, 3.05) is 0 Å². The molecule has 1 aliphatic rings. The average molecular weight is 149 g/mol. The van der Waals surface area contributed by atoms with Crippen LogP contribution in [0.4, 0.5) is 0 Å². The van der Waals surface area contributed by atoms with Crippen molar-refractivity contribution in [1.82, 2.24) is 15.3 Å². The highest BCUT2D eigenvalue weighted by atomic mass is 15.0. The first-order valence-electron chi connectivity index (χ1n) is 3.94. The van der Waals surface area contributed by atoms with Crippen molar-refractivity contribution in [1.29, 1.82) is 0 Å².